The second kappa shape index (κ2) is 5.88. The number of carboxylic acid groups (broad SMARTS) is 1. The third-order valence-corrected chi connectivity index (χ3v) is 4.41. The third kappa shape index (κ3) is 2.89. The summed E-state index contributed by atoms with van der Waals surface area (Å²) in [4.78, 5) is 23.6. The van der Waals surface area contributed by atoms with Crippen LogP contribution in [0.25, 0.3) is 0 Å². The van der Waals surface area contributed by atoms with Crippen molar-refractivity contribution < 1.29 is 14.7 Å². The summed E-state index contributed by atoms with van der Waals surface area (Å²) in [5, 5.41) is 21.1. The van der Waals surface area contributed by atoms with Gasteiger partial charge in [-0.1, -0.05) is 0 Å². The Morgan fingerprint density at radius 1 is 1.40 bits per heavy atom. The van der Waals surface area contributed by atoms with E-state index < -0.39 is 11.9 Å². The molecular weight excluding hydrogens is 276 g/mol. The van der Waals surface area contributed by atoms with Gasteiger partial charge in [0, 0.05) is 16.5 Å². The number of anilines is 1. The van der Waals surface area contributed by atoms with Gasteiger partial charge >= 0.3 is 5.97 Å². The van der Waals surface area contributed by atoms with Gasteiger partial charge in [0.05, 0.1) is 5.56 Å². The molecule has 0 saturated heterocycles. The van der Waals surface area contributed by atoms with E-state index in [4.69, 9.17) is 5.11 Å². The Morgan fingerprint density at radius 2 is 2.10 bits per heavy atom. The first-order valence-electron chi connectivity index (χ1n) is 6.30. The minimum absolute atomic E-state index is 0.0395. The molecule has 1 aliphatic carbocycles. The van der Waals surface area contributed by atoms with Gasteiger partial charge in [0.25, 0.3) is 0 Å². The van der Waals surface area contributed by atoms with Crippen molar-refractivity contribution in [1.29, 1.82) is 5.26 Å². The molecule has 1 aromatic rings. The number of nitrogens with zero attached hydrogens (tertiary/aromatic N) is 1. The lowest BCUT2D eigenvalue weighted by atomic mass is 9.96. The number of aliphatic carboxylic acids is 1. The number of rotatable bonds is 3. The molecule has 0 fully saturated rings. The van der Waals surface area contributed by atoms with E-state index in [0.717, 1.165) is 42.2 Å². The van der Waals surface area contributed by atoms with Crippen LogP contribution in [0.1, 0.15) is 35.8 Å². The van der Waals surface area contributed by atoms with Gasteiger partial charge in [0.2, 0.25) is 5.91 Å². The summed E-state index contributed by atoms with van der Waals surface area (Å²) in [5.74, 6) is -1.65. The molecule has 1 amide bonds. The van der Waals surface area contributed by atoms with Crippen molar-refractivity contribution in [2.24, 2.45) is 0 Å². The number of carbonyl (C=O) groups excluding carboxylic acids is 1. The van der Waals surface area contributed by atoms with Gasteiger partial charge in [-0.15, -0.1) is 11.3 Å². The maximum absolute atomic E-state index is 11.8. The fourth-order valence-corrected chi connectivity index (χ4v) is 3.42. The molecule has 1 aliphatic rings. The fourth-order valence-electron chi connectivity index (χ4n) is 2.18. The molecule has 0 radical (unpaired) electrons. The van der Waals surface area contributed by atoms with Gasteiger partial charge in [0.15, 0.2) is 0 Å². The van der Waals surface area contributed by atoms with Crippen molar-refractivity contribution >= 4 is 28.2 Å². The van der Waals surface area contributed by atoms with Gasteiger partial charge in [-0.05, 0) is 38.2 Å². The number of amides is 1. The van der Waals surface area contributed by atoms with Gasteiger partial charge in [0.1, 0.15) is 11.1 Å². The molecule has 0 bridgehead atoms. The largest absolute Gasteiger partial charge is 0.478 e. The number of fused-ring (bicyclic) bond motifs is 1. The van der Waals surface area contributed by atoms with E-state index in [0.29, 0.717) is 10.6 Å². The Hall–Kier alpha value is -2.13. The van der Waals surface area contributed by atoms with Crippen molar-refractivity contribution in [3.8, 4) is 6.07 Å². The smallest absolute Gasteiger partial charge is 0.331 e. The summed E-state index contributed by atoms with van der Waals surface area (Å²) in [6.07, 6.45) is 5.00. The summed E-state index contributed by atoms with van der Waals surface area (Å²) in [6, 6.07) is 2.14. The quantitative estimate of drug-likeness (QED) is 0.837. The first-order valence-corrected chi connectivity index (χ1v) is 7.11. The Kier molecular flexibility index (Phi) is 4.20. The van der Waals surface area contributed by atoms with Gasteiger partial charge in [-0.2, -0.15) is 5.26 Å². The molecule has 2 rings (SSSR count). The predicted molar refractivity (Wildman–Crippen MR) is 75.7 cm³/mol. The zero-order chi connectivity index (χ0) is 14.7. The molecule has 104 valence electrons. The molecular formula is C14H14N2O3S. The molecule has 0 atom stereocenters. The summed E-state index contributed by atoms with van der Waals surface area (Å²) >= 11 is 1.42. The lowest BCUT2D eigenvalue weighted by Gasteiger charge is -2.09. The number of carbonyl (C=O) groups is 2. The molecule has 0 saturated carbocycles. The molecule has 2 N–H and O–H groups in total. The van der Waals surface area contributed by atoms with Gasteiger partial charge in [-0.3, -0.25) is 4.79 Å². The van der Waals surface area contributed by atoms with E-state index in [9.17, 15) is 14.9 Å². The maximum Gasteiger partial charge on any atom is 0.331 e. The standard InChI is InChI=1S/C14H14N2O3S/c1-8(14(18)19)6-12(17)16-13-10(7-15)9-4-2-3-5-11(9)20-13/h6H,2-5H2,1H3,(H,16,17)(H,18,19). The van der Waals surface area contributed by atoms with Crippen molar-refractivity contribution in [2.45, 2.75) is 32.6 Å². The molecule has 5 nitrogen and oxygen atoms in total. The summed E-state index contributed by atoms with van der Waals surface area (Å²) in [5.41, 5.74) is 1.53. The fraction of sp³-hybridized carbons (Fsp3) is 0.357. The van der Waals surface area contributed by atoms with Crippen molar-refractivity contribution in [3.05, 3.63) is 27.7 Å². The minimum Gasteiger partial charge on any atom is -0.478 e. The highest BCUT2D eigenvalue weighted by Crippen LogP contribution is 2.37. The van der Waals surface area contributed by atoms with Crippen LogP contribution in [0.3, 0.4) is 0 Å². The average molecular weight is 290 g/mol. The second-order valence-corrected chi connectivity index (χ2v) is 5.75. The van der Waals surface area contributed by atoms with Gasteiger partial charge in [-0.25, -0.2) is 4.79 Å². The third-order valence-electron chi connectivity index (χ3n) is 3.20. The maximum atomic E-state index is 11.8. The van der Waals surface area contributed by atoms with Gasteiger partial charge < -0.3 is 10.4 Å². The van der Waals surface area contributed by atoms with Crippen molar-refractivity contribution in [2.75, 3.05) is 5.32 Å². The summed E-state index contributed by atoms with van der Waals surface area (Å²) in [7, 11) is 0. The Balaban J connectivity index is 2.24. The first-order chi connectivity index (χ1) is 9.52. The molecule has 0 unspecified atom stereocenters. The average Bonchev–Trinajstić information content (AvgIpc) is 2.75. The number of carboxylic acids is 1. The number of thiophene rings is 1. The van der Waals surface area contributed by atoms with E-state index >= 15 is 0 Å². The Bertz CT molecular complexity index is 638. The number of nitriles is 1. The van der Waals surface area contributed by atoms with Crippen molar-refractivity contribution in [1.82, 2.24) is 0 Å². The molecule has 20 heavy (non-hydrogen) atoms. The number of nitrogens with one attached hydrogen (secondary N) is 1. The highest BCUT2D eigenvalue weighted by Gasteiger charge is 2.21. The number of aryl methyl sites for hydroxylation is 1. The van der Waals surface area contributed by atoms with Crippen LogP contribution in [0.2, 0.25) is 0 Å². The summed E-state index contributed by atoms with van der Waals surface area (Å²) < 4.78 is 0. The predicted octanol–water partition coefficient (Wildman–Crippen LogP) is 2.47. The number of hydrogen-bond acceptors (Lipinski definition) is 4. The van der Waals surface area contributed by atoms with E-state index in [1.54, 1.807) is 0 Å². The van der Waals surface area contributed by atoms with Crippen LogP contribution in [0.4, 0.5) is 5.00 Å². The van der Waals surface area contributed by atoms with Crippen LogP contribution >= 0.6 is 11.3 Å². The van der Waals surface area contributed by atoms with E-state index in [2.05, 4.69) is 11.4 Å². The van der Waals surface area contributed by atoms with E-state index in [1.165, 1.54) is 18.3 Å². The minimum atomic E-state index is -1.13. The van der Waals surface area contributed by atoms with E-state index in [1.807, 2.05) is 0 Å². The van der Waals surface area contributed by atoms with E-state index in [-0.39, 0.29) is 5.57 Å². The molecule has 1 heterocycles. The second-order valence-electron chi connectivity index (χ2n) is 4.65. The van der Waals surface area contributed by atoms with Crippen molar-refractivity contribution in [3.63, 3.8) is 0 Å². The molecule has 1 aromatic heterocycles. The zero-order valence-corrected chi connectivity index (χ0v) is 11.8. The highest BCUT2D eigenvalue weighted by molar-refractivity contribution is 7.16. The van der Waals surface area contributed by atoms with Crippen LogP contribution in [0.15, 0.2) is 11.6 Å². The molecule has 0 aliphatic heterocycles. The van der Waals surface area contributed by atoms with Crippen LogP contribution < -0.4 is 5.32 Å². The summed E-state index contributed by atoms with van der Waals surface area (Å²) in [6.45, 7) is 1.35. The van der Waals surface area contributed by atoms with Crippen LogP contribution in [0, 0.1) is 11.3 Å². The normalized spacial score (nSPS) is 14.3. The van der Waals surface area contributed by atoms with Crippen LogP contribution in [0.5, 0.6) is 0 Å². The number of hydrogen-bond donors (Lipinski definition) is 2. The molecule has 6 heteroatoms. The Morgan fingerprint density at radius 3 is 2.75 bits per heavy atom. The highest BCUT2D eigenvalue weighted by atomic mass is 32.1. The SMILES string of the molecule is CC(=CC(=O)Nc1sc2c(c1C#N)CCCC2)C(=O)O. The molecule has 0 aromatic carbocycles. The lowest BCUT2D eigenvalue weighted by molar-refractivity contribution is -0.132. The molecule has 0 spiro atoms. The topological polar surface area (TPSA) is 90.2 Å². The van der Waals surface area contributed by atoms with Crippen LogP contribution in [-0.2, 0) is 22.4 Å². The zero-order valence-electron chi connectivity index (χ0n) is 11.0. The van der Waals surface area contributed by atoms with Crippen LogP contribution in [-0.4, -0.2) is 17.0 Å². The Labute approximate surface area is 120 Å². The first kappa shape index (κ1) is 14.3. The monoisotopic (exact) mass is 290 g/mol. The lowest BCUT2D eigenvalue weighted by Crippen LogP contribution is -2.10.